The maximum absolute atomic E-state index is 11.7. The molecule has 0 saturated carbocycles. The van der Waals surface area contributed by atoms with Crippen molar-refractivity contribution in [3.8, 4) is 0 Å². The van der Waals surface area contributed by atoms with Gasteiger partial charge in [0.25, 0.3) is 0 Å². The Morgan fingerprint density at radius 3 is 2.22 bits per heavy atom. The van der Waals surface area contributed by atoms with Crippen molar-refractivity contribution in [3.05, 3.63) is 0 Å². The van der Waals surface area contributed by atoms with Crippen LogP contribution in [0.4, 0.5) is 0 Å². The highest BCUT2D eigenvalue weighted by Gasteiger charge is 2.18. The van der Waals surface area contributed by atoms with Crippen LogP contribution in [0.15, 0.2) is 0 Å². The van der Waals surface area contributed by atoms with E-state index >= 15 is 0 Å². The minimum absolute atomic E-state index is 0.000507. The van der Waals surface area contributed by atoms with Crippen LogP contribution in [0.2, 0.25) is 6.32 Å². The Morgan fingerprint density at radius 2 is 1.83 bits per heavy atom. The lowest BCUT2D eigenvalue weighted by atomic mass is 10.0. The zero-order valence-corrected chi connectivity index (χ0v) is 12.2. The number of rotatable bonds is 7. The van der Waals surface area contributed by atoms with Crippen molar-refractivity contribution < 1.29 is 9.59 Å². The van der Waals surface area contributed by atoms with E-state index in [-0.39, 0.29) is 36.0 Å². The molecule has 18 heavy (non-hydrogen) atoms. The van der Waals surface area contributed by atoms with Crippen LogP contribution in [-0.4, -0.2) is 49.6 Å². The van der Waals surface area contributed by atoms with Gasteiger partial charge in [0.1, 0.15) is 0 Å². The number of carbonyl (C=O) groups is 2. The van der Waals surface area contributed by atoms with Crippen molar-refractivity contribution in [3.63, 3.8) is 0 Å². The van der Waals surface area contributed by atoms with Crippen molar-refractivity contribution in [1.82, 2.24) is 10.2 Å². The molecule has 4 nitrogen and oxygen atoms in total. The third-order valence-corrected chi connectivity index (χ3v) is 2.56. The van der Waals surface area contributed by atoms with Gasteiger partial charge in [-0.1, -0.05) is 13.8 Å². The average molecular weight is 252 g/mol. The summed E-state index contributed by atoms with van der Waals surface area (Å²) in [4.78, 5) is 24.9. The number of carbonyl (C=O) groups excluding carboxylic acids is 2. The van der Waals surface area contributed by atoms with Gasteiger partial charge in [-0.25, -0.2) is 0 Å². The van der Waals surface area contributed by atoms with Crippen molar-refractivity contribution in [2.45, 2.75) is 46.5 Å². The quantitative estimate of drug-likeness (QED) is 0.688. The SMILES string of the molecule is [B]CC(=O)N(CCNC(C)(C)C)CC(=O)C(C)C. The minimum atomic E-state index is -0.181. The normalized spacial score (nSPS) is 11.7. The summed E-state index contributed by atoms with van der Waals surface area (Å²) < 4.78 is 0. The van der Waals surface area contributed by atoms with Gasteiger partial charge in [-0.2, -0.15) is 0 Å². The molecule has 0 bridgehead atoms. The monoisotopic (exact) mass is 252 g/mol. The minimum Gasteiger partial charge on any atom is -0.335 e. The zero-order chi connectivity index (χ0) is 14.3. The molecule has 0 unspecified atom stereocenters. The Kier molecular flexibility index (Phi) is 7.22. The Balaban J connectivity index is 4.33. The van der Waals surface area contributed by atoms with E-state index in [9.17, 15) is 9.59 Å². The summed E-state index contributed by atoms with van der Waals surface area (Å²) in [5.74, 6) is -0.180. The lowest BCUT2D eigenvalue weighted by Gasteiger charge is -2.26. The molecule has 0 aromatic rings. The van der Waals surface area contributed by atoms with Gasteiger partial charge in [0, 0.05) is 24.5 Å². The molecule has 0 rings (SSSR count). The Morgan fingerprint density at radius 1 is 1.28 bits per heavy atom. The summed E-state index contributed by atoms with van der Waals surface area (Å²) >= 11 is 0. The molecule has 0 aromatic heterocycles. The third kappa shape index (κ3) is 7.48. The maximum Gasteiger partial charge on any atom is 0.214 e. The van der Waals surface area contributed by atoms with E-state index in [1.54, 1.807) is 0 Å². The molecular weight excluding hydrogens is 227 g/mol. The first kappa shape index (κ1) is 17.2. The summed E-state index contributed by atoms with van der Waals surface area (Å²) in [6.45, 7) is 11.2. The topological polar surface area (TPSA) is 49.4 Å². The van der Waals surface area contributed by atoms with Crippen LogP contribution in [0.1, 0.15) is 34.6 Å². The number of nitrogens with one attached hydrogen (secondary N) is 1. The molecule has 5 heteroatoms. The number of ketones is 1. The molecule has 0 atom stereocenters. The van der Waals surface area contributed by atoms with E-state index in [1.165, 1.54) is 4.90 Å². The molecular formula is C13H25BN2O2. The largest absolute Gasteiger partial charge is 0.335 e. The highest BCUT2D eigenvalue weighted by Crippen LogP contribution is 2.02. The van der Waals surface area contributed by atoms with Gasteiger partial charge in [0.2, 0.25) is 5.91 Å². The maximum atomic E-state index is 11.7. The molecule has 1 N–H and O–H groups in total. The molecule has 0 saturated heterocycles. The smallest absolute Gasteiger partial charge is 0.214 e. The molecule has 0 aliphatic heterocycles. The molecule has 102 valence electrons. The molecule has 0 fully saturated rings. The summed E-state index contributed by atoms with van der Waals surface area (Å²) in [7, 11) is 5.36. The van der Waals surface area contributed by atoms with Crippen LogP contribution in [0.3, 0.4) is 0 Å². The van der Waals surface area contributed by atoms with Crippen molar-refractivity contribution >= 4 is 19.5 Å². The molecule has 1 amide bonds. The lowest BCUT2D eigenvalue weighted by Crippen LogP contribution is -2.45. The first-order chi connectivity index (χ1) is 8.17. The van der Waals surface area contributed by atoms with Crippen molar-refractivity contribution in [2.75, 3.05) is 19.6 Å². The summed E-state index contributed by atoms with van der Waals surface area (Å²) in [5, 5.41) is 3.29. The summed E-state index contributed by atoms with van der Waals surface area (Å²) in [6.07, 6.45) is -0.0547. The summed E-state index contributed by atoms with van der Waals surface area (Å²) in [5.41, 5.74) is -0.000507. The zero-order valence-electron chi connectivity index (χ0n) is 12.2. The van der Waals surface area contributed by atoms with Gasteiger partial charge in [-0.15, -0.1) is 0 Å². The Hall–Kier alpha value is -0.835. The van der Waals surface area contributed by atoms with E-state index in [0.29, 0.717) is 13.1 Å². The molecule has 0 spiro atoms. The predicted octanol–water partition coefficient (Wildman–Crippen LogP) is 1.01. The molecule has 0 aromatic carbocycles. The van der Waals surface area contributed by atoms with Gasteiger partial charge in [0.15, 0.2) is 5.78 Å². The molecule has 0 heterocycles. The van der Waals surface area contributed by atoms with Crippen LogP contribution >= 0.6 is 0 Å². The van der Waals surface area contributed by atoms with Gasteiger partial charge in [0.05, 0.1) is 14.4 Å². The van der Waals surface area contributed by atoms with Gasteiger partial charge >= 0.3 is 0 Å². The van der Waals surface area contributed by atoms with Crippen LogP contribution in [-0.2, 0) is 9.59 Å². The van der Waals surface area contributed by atoms with Gasteiger partial charge < -0.3 is 10.2 Å². The van der Waals surface area contributed by atoms with Crippen LogP contribution in [0.25, 0.3) is 0 Å². The van der Waals surface area contributed by atoms with E-state index in [1.807, 2.05) is 13.8 Å². The number of amides is 1. The number of hydrogen-bond donors (Lipinski definition) is 1. The molecule has 0 aliphatic carbocycles. The Bertz CT molecular complexity index is 285. The van der Waals surface area contributed by atoms with E-state index in [4.69, 9.17) is 7.85 Å². The van der Waals surface area contributed by atoms with Crippen LogP contribution in [0, 0.1) is 5.92 Å². The number of Topliss-reactive ketones (excluding diaryl/α,β-unsaturated/α-hetero) is 1. The molecule has 0 aliphatic rings. The van der Waals surface area contributed by atoms with Crippen LogP contribution < -0.4 is 5.32 Å². The second-order valence-corrected chi connectivity index (χ2v) is 5.82. The fraction of sp³-hybridized carbons (Fsp3) is 0.846. The highest BCUT2D eigenvalue weighted by atomic mass is 16.2. The summed E-state index contributed by atoms with van der Waals surface area (Å²) in [6, 6.07) is 0. The lowest BCUT2D eigenvalue weighted by molar-refractivity contribution is -0.134. The fourth-order valence-corrected chi connectivity index (χ4v) is 1.36. The predicted molar refractivity (Wildman–Crippen MR) is 74.7 cm³/mol. The first-order valence-corrected chi connectivity index (χ1v) is 6.43. The average Bonchev–Trinajstić information content (AvgIpc) is 2.24. The highest BCUT2D eigenvalue weighted by molar-refractivity contribution is 6.19. The van der Waals surface area contributed by atoms with E-state index in [0.717, 1.165) is 0 Å². The first-order valence-electron chi connectivity index (χ1n) is 6.43. The van der Waals surface area contributed by atoms with Gasteiger partial charge in [-0.3, -0.25) is 9.59 Å². The second kappa shape index (κ2) is 7.57. The van der Waals surface area contributed by atoms with E-state index in [2.05, 4.69) is 26.1 Å². The van der Waals surface area contributed by atoms with Crippen LogP contribution in [0.5, 0.6) is 0 Å². The molecule has 2 radical (unpaired) electrons. The van der Waals surface area contributed by atoms with Crippen molar-refractivity contribution in [1.29, 1.82) is 0 Å². The number of hydrogen-bond acceptors (Lipinski definition) is 3. The van der Waals surface area contributed by atoms with E-state index < -0.39 is 0 Å². The standard InChI is InChI=1S/C13H25BN2O2/c1-10(2)11(17)9-16(12(18)8-14)7-6-15-13(3,4)5/h10,15H,6-9H2,1-5H3. The van der Waals surface area contributed by atoms with Gasteiger partial charge in [-0.05, 0) is 27.1 Å². The Labute approximate surface area is 112 Å². The third-order valence-electron chi connectivity index (χ3n) is 2.56. The fourth-order valence-electron chi connectivity index (χ4n) is 1.36. The van der Waals surface area contributed by atoms with Crippen molar-refractivity contribution in [2.24, 2.45) is 5.92 Å². The second-order valence-electron chi connectivity index (χ2n) is 5.82. The number of nitrogens with zero attached hydrogens (tertiary/aromatic N) is 1.